The van der Waals surface area contributed by atoms with Gasteiger partial charge in [-0.3, -0.25) is 4.79 Å². The van der Waals surface area contributed by atoms with Crippen LogP contribution < -0.4 is 5.32 Å². The summed E-state index contributed by atoms with van der Waals surface area (Å²) in [6.07, 6.45) is 1.61. The Morgan fingerprint density at radius 3 is 2.74 bits per heavy atom. The zero-order valence-corrected chi connectivity index (χ0v) is 14.5. The van der Waals surface area contributed by atoms with Crippen molar-refractivity contribution in [2.24, 2.45) is 0 Å². The Kier molecular flexibility index (Phi) is 4.88. The second kappa shape index (κ2) is 7.06. The predicted molar refractivity (Wildman–Crippen MR) is 92.9 cm³/mol. The van der Waals surface area contributed by atoms with E-state index in [2.05, 4.69) is 43.2 Å². The summed E-state index contributed by atoms with van der Waals surface area (Å²) in [5.74, 6) is 0.376. The van der Waals surface area contributed by atoms with E-state index in [1.807, 2.05) is 29.2 Å². The molecule has 2 heterocycles. The number of halogens is 1. The summed E-state index contributed by atoms with van der Waals surface area (Å²) in [6, 6.07) is 9.37. The molecule has 1 aromatic heterocycles. The molecule has 0 atom stereocenters. The van der Waals surface area contributed by atoms with Gasteiger partial charge in [-0.1, -0.05) is 22.0 Å². The van der Waals surface area contributed by atoms with Gasteiger partial charge in [0.05, 0.1) is 0 Å². The molecule has 1 aromatic carbocycles. The lowest BCUT2D eigenvalue weighted by molar-refractivity contribution is 0.0658. The normalized spacial score (nSPS) is 15.5. The number of nitrogens with one attached hydrogen (secondary N) is 1. The number of rotatable bonds is 3. The highest BCUT2D eigenvalue weighted by molar-refractivity contribution is 9.10. The Morgan fingerprint density at radius 2 is 2.00 bits per heavy atom. The maximum atomic E-state index is 12.5. The molecule has 1 aliphatic heterocycles. The average molecular weight is 376 g/mol. The zero-order valence-electron chi connectivity index (χ0n) is 12.9. The quantitative estimate of drug-likeness (QED) is 0.891. The van der Waals surface area contributed by atoms with Crippen LogP contribution in [-0.4, -0.2) is 58.9 Å². The lowest BCUT2D eigenvalue weighted by atomic mass is 10.3. The van der Waals surface area contributed by atoms with Crippen LogP contribution in [0.5, 0.6) is 0 Å². The van der Waals surface area contributed by atoms with Crippen LogP contribution in [0, 0.1) is 0 Å². The van der Waals surface area contributed by atoms with E-state index in [4.69, 9.17) is 0 Å². The third-order valence-electron chi connectivity index (χ3n) is 3.75. The van der Waals surface area contributed by atoms with Crippen LogP contribution in [0.4, 0.5) is 11.6 Å². The fraction of sp³-hybridized carbons (Fsp3) is 0.312. The second-order valence-corrected chi connectivity index (χ2v) is 6.41. The first-order valence-electron chi connectivity index (χ1n) is 7.45. The third-order valence-corrected chi connectivity index (χ3v) is 4.24. The summed E-state index contributed by atoms with van der Waals surface area (Å²) in [4.78, 5) is 25.1. The molecule has 0 spiro atoms. The number of amides is 1. The first kappa shape index (κ1) is 15.9. The van der Waals surface area contributed by atoms with E-state index in [1.54, 1.807) is 12.3 Å². The molecule has 7 heteroatoms. The smallest absolute Gasteiger partial charge is 0.272 e. The summed E-state index contributed by atoms with van der Waals surface area (Å²) < 4.78 is 0.965. The van der Waals surface area contributed by atoms with Crippen LogP contribution in [0.15, 0.2) is 41.0 Å². The van der Waals surface area contributed by atoms with Crippen LogP contribution in [0.1, 0.15) is 10.5 Å². The van der Waals surface area contributed by atoms with Crippen molar-refractivity contribution in [2.45, 2.75) is 0 Å². The predicted octanol–water partition coefficient (Wildman–Crippen LogP) is 2.37. The van der Waals surface area contributed by atoms with Gasteiger partial charge < -0.3 is 15.1 Å². The Bertz CT molecular complexity index is 700. The molecule has 0 aliphatic carbocycles. The van der Waals surface area contributed by atoms with E-state index < -0.39 is 0 Å². The molecule has 0 unspecified atom stereocenters. The van der Waals surface area contributed by atoms with Crippen molar-refractivity contribution in [1.82, 2.24) is 19.8 Å². The third kappa shape index (κ3) is 4.05. The Balaban J connectivity index is 1.73. The fourth-order valence-electron chi connectivity index (χ4n) is 2.40. The van der Waals surface area contributed by atoms with E-state index in [9.17, 15) is 4.79 Å². The fourth-order valence-corrected chi connectivity index (χ4v) is 2.80. The average Bonchev–Trinajstić information content (AvgIpc) is 2.55. The van der Waals surface area contributed by atoms with Gasteiger partial charge in [-0.25, -0.2) is 9.97 Å². The lowest BCUT2D eigenvalue weighted by Crippen LogP contribution is -2.47. The summed E-state index contributed by atoms with van der Waals surface area (Å²) in [6.45, 7) is 3.24. The minimum Gasteiger partial charge on any atom is -0.335 e. The summed E-state index contributed by atoms with van der Waals surface area (Å²) >= 11 is 3.42. The zero-order chi connectivity index (χ0) is 16.2. The van der Waals surface area contributed by atoms with Gasteiger partial charge in [0, 0.05) is 42.5 Å². The number of aromatic nitrogens is 2. The van der Waals surface area contributed by atoms with Crippen molar-refractivity contribution in [3.8, 4) is 0 Å². The molecule has 0 bridgehead atoms. The van der Waals surface area contributed by atoms with Crippen molar-refractivity contribution < 1.29 is 4.79 Å². The van der Waals surface area contributed by atoms with Crippen LogP contribution in [0.3, 0.4) is 0 Å². The van der Waals surface area contributed by atoms with Crippen molar-refractivity contribution in [3.63, 3.8) is 0 Å². The van der Waals surface area contributed by atoms with Crippen molar-refractivity contribution in [3.05, 3.63) is 46.7 Å². The molecule has 1 fully saturated rings. The molecule has 1 aliphatic rings. The number of carbonyl (C=O) groups is 1. The van der Waals surface area contributed by atoms with Crippen LogP contribution >= 0.6 is 15.9 Å². The lowest BCUT2D eigenvalue weighted by Gasteiger charge is -2.32. The Labute approximate surface area is 143 Å². The summed E-state index contributed by atoms with van der Waals surface area (Å²) in [5, 5.41) is 3.12. The standard InChI is InChI=1S/C16H18BrN5O/c1-21-7-9-22(10-8-21)15(23)14-5-6-18-16(20-14)19-13-4-2-3-12(17)11-13/h2-6,11H,7-10H2,1H3,(H,18,19,20). The first-order valence-corrected chi connectivity index (χ1v) is 8.24. The highest BCUT2D eigenvalue weighted by atomic mass is 79.9. The number of benzene rings is 1. The molecule has 6 nitrogen and oxygen atoms in total. The van der Waals surface area contributed by atoms with Gasteiger partial charge in [0.1, 0.15) is 5.69 Å². The van der Waals surface area contributed by atoms with Gasteiger partial charge in [0.25, 0.3) is 5.91 Å². The molecule has 1 amide bonds. The Hall–Kier alpha value is -1.99. The van der Waals surface area contributed by atoms with E-state index in [0.717, 1.165) is 36.3 Å². The molecule has 0 saturated carbocycles. The minimum absolute atomic E-state index is 0.0437. The highest BCUT2D eigenvalue weighted by Crippen LogP contribution is 2.18. The molecule has 3 rings (SSSR count). The van der Waals surface area contributed by atoms with Gasteiger partial charge in [0.15, 0.2) is 0 Å². The highest BCUT2D eigenvalue weighted by Gasteiger charge is 2.21. The molecule has 1 saturated heterocycles. The van der Waals surface area contributed by atoms with Crippen LogP contribution in [0.2, 0.25) is 0 Å². The maximum absolute atomic E-state index is 12.5. The Morgan fingerprint density at radius 1 is 1.22 bits per heavy atom. The van der Waals surface area contributed by atoms with E-state index in [1.165, 1.54) is 0 Å². The van der Waals surface area contributed by atoms with Crippen LogP contribution in [0.25, 0.3) is 0 Å². The summed E-state index contributed by atoms with van der Waals surface area (Å²) in [5.41, 5.74) is 1.28. The van der Waals surface area contributed by atoms with Crippen LogP contribution in [-0.2, 0) is 0 Å². The number of piperazine rings is 1. The number of carbonyl (C=O) groups excluding carboxylic acids is 1. The minimum atomic E-state index is -0.0437. The molecule has 120 valence electrons. The van der Waals surface area contributed by atoms with Gasteiger partial charge in [-0.15, -0.1) is 0 Å². The van der Waals surface area contributed by atoms with Gasteiger partial charge in [-0.2, -0.15) is 0 Å². The second-order valence-electron chi connectivity index (χ2n) is 5.50. The van der Waals surface area contributed by atoms with Gasteiger partial charge in [0.2, 0.25) is 5.95 Å². The number of hydrogen-bond acceptors (Lipinski definition) is 5. The largest absolute Gasteiger partial charge is 0.335 e. The first-order chi connectivity index (χ1) is 11.1. The van der Waals surface area contributed by atoms with E-state index in [0.29, 0.717) is 11.6 Å². The van der Waals surface area contributed by atoms with Crippen molar-refractivity contribution >= 4 is 33.5 Å². The number of nitrogens with zero attached hydrogens (tertiary/aromatic N) is 4. The van der Waals surface area contributed by atoms with Gasteiger partial charge >= 0.3 is 0 Å². The molecule has 0 radical (unpaired) electrons. The monoisotopic (exact) mass is 375 g/mol. The summed E-state index contributed by atoms with van der Waals surface area (Å²) in [7, 11) is 2.06. The van der Waals surface area contributed by atoms with E-state index >= 15 is 0 Å². The number of hydrogen-bond donors (Lipinski definition) is 1. The molecule has 23 heavy (non-hydrogen) atoms. The molecule has 1 N–H and O–H groups in total. The van der Waals surface area contributed by atoms with Crippen molar-refractivity contribution in [1.29, 1.82) is 0 Å². The topological polar surface area (TPSA) is 61.4 Å². The number of likely N-dealkylation sites (N-methyl/N-ethyl adjacent to an activating group) is 1. The van der Waals surface area contributed by atoms with Gasteiger partial charge in [-0.05, 0) is 31.3 Å². The number of anilines is 2. The SMILES string of the molecule is CN1CCN(C(=O)c2ccnc(Nc3cccc(Br)c3)n2)CC1. The molecule has 2 aromatic rings. The molecular formula is C16H18BrN5O. The molecular weight excluding hydrogens is 358 g/mol. The van der Waals surface area contributed by atoms with E-state index in [-0.39, 0.29) is 5.91 Å². The maximum Gasteiger partial charge on any atom is 0.272 e. The van der Waals surface area contributed by atoms with Crippen molar-refractivity contribution in [2.75, 3.05) is 38.5 Å².